The van der Waals surface area contributed by atoms with E-state index in [9.17, 15) is 29.8 Å². The van der Waals surface area contributed by atoms with Crippen LogP contribution in [0.15, 0.2) is 35.9 Å². The van der Waals surface area contributed by atoms with E-state index in [-0.39, 0.29) is 5.56 Å². The fourth-order valence-electron chi connectivity index (χ4n) is 5.30. The predicted molar refractivity (Wildman–Crippen MR) is 150 cm³/mol. The predicted octanol–water partition coefficient (Wildman–Crippen LogP) is 7.01. The lowest BCUT2D eigenvalue weighted by Crippen LogP contribution is -2.05. The molecule has 0 spiro atoms. The van der Waals surface area contributed by atoms with E-state index in [1.54, 1.807) is 12.1 Å². The molecule has 5 rings (SSSR count). The van der Waals surface area contributed by atoms with Crippen LogP contribution in [0.2, 0.25) is 0 Å². The van der Waals surface area contributed by atoms with Gasteiger partial charge in [0, 0.05) is 57.4 Å². The molecule has 0 amide bonds. The van der Waals surface area contributed by atoms with Gasteiger partial charge in [-0.2, -0.15) is 19.3 Å². The van der Waals surface area contributed by atoms with Crippen molar-refractivity contribution < 1.29 is 17.6 Å². The quantitative estimate of drug-likeness (QED) is 0.133. The molecule has 0 fully saturated rings. The maximum Gasteiger partial charge on any atom is 0.270 e. The van der Waals surface area contributed by atoms with Crippen molar-refractivity contribution in [2.24, 2.45) is 0 Å². The number of allylic oxidation sites excluding steroid dienone is 7. The fraction of sp³-hybridized carbons (Fsp3) is 0. The summed E-state index contributed by atoms with van der Waals surface area (Å²) in [7, 11) is 0. The van der Waals surface area contributed by atoms with Crippen molar-refractivity contribution in [2.45, 2.75) is 0 Å². The molecule has 2 aliphatic rings. The first kappa shape index (κ1) is 29.6. The third-order valence-corrected chi connectivity index (χ3v) is 6.98. The van der Waals surface area contributed by atoms with Crippen LogP contribution in [0, 0.1) is 95.1 Å². The third-order valence-electron chi connectivity index (χ3n) is 6.98. The molecule has 14 heteroatoms. The van der Waals surface area contributed by atoms with Crippen LogP contribution in [0.4, 0.5) is 23.2 Å². The van der Waals surface area contributed by atoms with Crippen LogP contribution >= 0.6 is 0 Å². The molecule has 0 radical (unpaired) electrons. The second-order valence-electron chi connectivity index (χ2n) is 9.02. The van der Waals surface area contributed by atoms with Crippen LogP contribution < -0.4 is 0 Å². The Morgan fingerprint density at radius 3 is 1.72 bits per heavy atom. The van der Waals surface area contributed by atoms with E-state index in [2.05, 4.69) is 29.3 Å². The molecule has 0 atom stereocenters. The molecule has 0 aliphatic heterocycles. The van der Waals surface area contributed by atoms with E-state index in [4.69, 9.17) is 26.3 Å². The van der Waals surface area contributed by atoms with Gasteiger partial charge < -0.3 is 0 Å². The highest BCUT2D eigenvalue weighted by Crippen LogP contribution is 2.58. The van der Waals surface area contributed by atoms with Crippen LogP contribution in [0.1, 0.15) is 38.9 Å². The number of benzene rings is 1. The lowest BCUT2D eigenvalue weighted by atomic mass is 9.89. The van der Waals surface area contributed by atoms with Gasteiger partial charge in [0.05, 0.1) is 49.6 Å². The van der Waals surface area contributed by atoms with Crippen LogP contribution in [-0.2, 0) is 0 Å². The second-order valence-corrected chi connectivity index (χ2v) is 9.02. The van der Waals surface area contributed by atoms with Gasteiger partial charge in [0.1, 0.15) is 23.8 Å². The maximum atomic E-state index is 17.1. The summed E-state index contributed by atoms with van der Waals surface area (Å²) in [6.07, 6.45) is 1.55. The summed E-state index contributed by atoms with van der Waals surface area (Å²) in [5.74, 6) is -5.33. The molecule has 0 bridgehead atoms. The van der Waals surface area contributed by atoms with Crippen LogP contribution in [-0.4, -0.2) is 9.97 Å². The maximum absolute atomic E-state index is 17.1. The Hall–Kier alpha value is -7.88. The lowest BCUT2D eigenvalue weighted by Gasteiger charge is -2.16. The van der Waals surface area contributed by atoms with E-state index in [0.717, 1.165) is 12.4 Å². The first-order chi connectivity index (χ1) is 22.2. The number of rotatable bonds is 2. The van der Waals surface area contributed by atoms with Gasteiger partial charge in [0.25, 0.3) is 11.4 Å². The monoisotopic (exact) mass is 604 g/mol. The smallest absolute Gasteiger partial charge is 0.240 e. The first-order valence-corrected chi connectivity index (χ1v) is 12.1. The minimum Gasteiger partial charge on any atom is -0.240 e. The number of aromatic nitrogens is 2. The topological polar surface area (TPSA) is 138 Å². The van der Waals surface area contributed by atoms with E-state index in [1.165, 1.54) is 12.1 Å². The van der Waals surface area contributed by atoms with Gasteiger partial charge in [-0.3, -0.25) is 0 Å². The van der Waals surface area contributed by atoms with Gasteiger partial charge in [-0.15, -0.1) is 0 Å². The normalized spacial score (nSPS) is 14.7. The molecule has 10 nitrogen and oxygen atoms in total. The Bertz CT molecular complexity index is 2300. The Kier molecular flexibility index (Phi) is 7.13. The molecule has 0 saturated heterocycles. The van der Waals surface area contributed by atoms with Gasteiger partial charge in [-0.1, -0.05) is 0 Å². The van der Waals surface area contributed by atoms with Crippen molar-refractivity contribution >= 4 is 39.2 Å². The van der Waals surface area contributed by atoms with Crippen LogP contribution in [0.3, 0.4) is 0 Å². The number of pyridine rings is 2. The van der Waals surface area contributed by atoms with Crippen LogP contribution in [0.25, 0.3) is 52.9 Å². The summed E-state index contributed by atoms with van der Waals surface area (Å²) in [6.45, 7) is 30.5. The Morgan fingerprint density at radius 2 is 1.20 bits per heavy atom. The number of nitriles is 4. The zero-order chi connectivity index (χ0) is 33.4. The zero-order valence-corrected chi connectivity index (χ0v) is 22.3. The van der Waals surface area contributed by atoms with E-state index < -0.39 is 108 Å². The second kappa shape index (κ2) is 11.1. The molecule has 2 aliphatic carbocycles. The summed E-state index contributed by atoms with van der Waals surface area (Å²) in [4.78, 5) is 19.4. The molecule has 3 aromatic rings. The highest BCUT2D eigenvalue weighted by molar-refractivity contribution is 6.30. The Morgan fingerprint density at radius 1 is 0.652 bits per heavy atom. The van der Waals surface area contributed by atoms with Gasteiger partial charge in [0.2, 0.25) is 23.3 Å². The molecule has 0 saturated carbocycles. The SMILES string of the molecule is [C-]#[N+]C1=C(c2cc(F)ncc2[N+]#[C-])/C(=C(/C#N)[N+]#[C-])c2c(F)c3c(c(F)c21)C(C#N)=C(c1cc(F)ncc1C#N)/C3=C(\C#N)[N+]#[C-]. The van der Waals surface area contributed by atoms with Crippen molar-refractivity contribution in [3.05, 3.63) is 144 Å². The van der Waals surface area contributed by atoms with Crippen molar-refractivity contribution in [2.75, 3.05) is 0 Å². The molecule has 210 valence electrons. The molecule has 2 aromatic heterocycles. The lowest BCUT2D eigenvalue weighted by molar-refractivity contribution is 0.583. The molecular formula is C32H4F4N10. The van der Waals surface area contributed by atoms with E-state index >= 15 is 8.78 Å². The van der Waals surface area contributed by atoms with Crippen molar-refractivity contribution in [3.63, 3.8) is 0 Å². The third kappa shape index (κ3) is 3.96. The van der Waals surface area contributed by atoms with E-state index in [1.807, 2.05) is 0 Å². The molecule has 0 unspecified atom stereocenters. The molecule has 0 N–H and O–H groups in total. The fourth-order valence-corrected chi connectivity index (χ4v) is 5.30. The zero-order valence-electron chi connectivity index (χ0n) is 22.3. The summed E-state index contributed by atoms with van der Waals surface area (Å²) in [6, 6.07) is 7.77. The largest absolute Gasteiger partial charge is 0.270 e. The van der Waals surface area contributed by atoms with Crippen molar-refractivity contribution in [1.82, 2.24) is 9.97 Å². The van der Waals surface area contributed by atoms with Crippen LogP contribution in [0.5, 0.6) is 0 Å². The standard InChI is InChI=1S/C32H4F4N10/c1-41-17(9-39)25-22(14-5-20(33)45-11-13(14)7-37)16(8-38)23-27(25)31(36)28-26(18(10-40)42-2)24(32(44-4)29(28)30(23)35)15-6-21(34)46-12-19(15)43-3/h5-6,11-12H/b25-17-,26-18+. The number of nitrogens with zero attached hydrogens (tertiary/aromatic N) is 10. The van der Waals surface area contributed by atoms with Gasteiger partial charge in [0.15, 0.2) is 0 Å². The summed E-state index contributed by atoms with van der Waals surface area (Å²) in [5.41, 5.74) is -10.9. The van der Waals surface area contributed by atoms with Gasteiger partial charge in [-0.05, 0) is 22.8 Å². The molecule has 46 heavy (non-hydrogen) atoms. The summed E-state index contributed by atoms with van der Waals surface area (Å²) in [5, 5.41) is 39.6. The van der Waals surface area contributed by atoms with Gasteiger partial charge >= 0.3 is 0 Å². The summed E-state index contributed by atoms with van der Waals surface area (Å²) < 4.78 is 62.8. The number of hydrogen-bond acceptors (Lipinski definition) is 6. The first-order valence-electron chi connectivity index (χ1n) is 12.1. The van der Waals surface area contributed by atoms with E-state index in [0.29, 0.717) is 12.1 Å². The average molecular weight is 604 g/mol. The molecule has 1 aromatic carbocycles. The Balaban J connectivity index is 2.09. The van der Waals surface area contributed by atoms with Crippen molar-refractivity contribution in [3.8, 4) is 24.3 Å². The molecular weight excluding hydrogens is 600 g/mol. The number of halogens is 4. The Labute approximate surface area is 256 Å². The minimum absolute atomic E-state index is 0.388. The van der Waals surface area contributed by atoms with Crippen molar-refractivity contribution in [1.29, 1.82) is 21.0 Å². The minimum atomic E-state index is -1.50. The number of hydrogen-bond donors (Lipinski definition) is 0. The highest BCUT2D eigenvalue weighted by Gasteiger charge is 2.44. The number of fused-ring (bicyclic) bond motifs is 2. The highest BCUT2D eigenvalue weighted by atomic mass is 19.1. The average Bonchev–Trinajstić information content (AvgIpc) is 3.59. The van der Waals surface area contributed by atoms with Gasteiger partial charge in [-0.25, -0.2) is 48.7 Å². The molecule has 2 heterocycles. The summed E-state index contributed by atoms with van der Waals surface area (Å²) >= 11 is 0.